The largest absolute Gasteiger partial charge is 0.367 e. The number of rotatable bonds is 2. The van der Waals surface area contributed by atoms with Gasteiger partial charge < -0.3 is 14.2 Å². The van der Waals surface area contributed by atoms with Gasteiger partial charge in [0.1, 0.15) is 12.0 Å². The van der Waals surface area contributed by atoms with Crippen LogP contribution < -0.4 is 9.80 Å². The second-order valence-corrected chi connectivity index (χ2v) is 8.10. The average molecular weight is 368 g/mol. The van der Waals surface area contributed by atoms with Gasteiger partial charge in [-0.1, -0.05) is 20.8 Å². The molecule has 0 saturated carbocycles. The van der Waals surface area contributed by atoms with Crippen LogP contribution in [0.3, 0.4) is 0 Å². The van der Waals surface area contributed by atoms with Crippen LogP contribution in [-0.2, 0) is 5.41 Å². The molecule has 0 unspecified atom stereocenters. The van der Waals surface area contributed by atoms with Crippen LogP contribution in [0.25, 0.3) is 5.65 Å². The smallest absolute Gasteiger partial charge is 0.186 e. The van der Waals surface area contributed by atoms with E-state index in [1.807, 2.05) is 4.90 Å². The van der Waals surface area contributed by atoms with E-state index < -0.39 is 0 Å². The van der Waals surface area contributed by atoms with Crippen molar-refractivity contribution in [3.63, 3.8) is 0 Å². The van der Waals surface area contributed by atoms with E-state index in [1.54, 1.807) is 6.92 Å². The van der Waals surface area contributed by atoms with Gasteiger partial charge in [-0.2, -0.15) is 0 Å². The lowest BCUT2D eigenvalue weighted by Crippen LogP contribution is -2.47. The minimum Gasteiger partial charge on any atom is -0.367 e. The second kappa shape index (κ2) is 6.48. The van der Waals surface area contributed by atoms with Gasteiger partial charge in [-0.25, -0.2) is 19.3 Å². The van der Waals surface area contributed by atoms with Crippen molar-refractivity contribution in [2.24, 2.45) is 0 Å². The molecule has 4 rings (SSSR count). The number of piperazine rings is 1. The average Bonchev–Trinajstić information content (AvgIpc) is 3.08. The molecule has 0 amide bonds. The number of anilines is 2. The Morgan fingerprint density at radius 1 is 0.963 bits per heavy atom. The van der Waals surface area contributed by atoms with Crippen LogP contribution in [0.4, 0.5) is 15.9 Å². The minimum absolute atomic E-state index is 0.0254. The molecule has 0 atom stereocenters. The molecule has 0 aromatic carbocycles. The summed E-state index contributed by atoms with van der Waals surface area (Å²) in [6.45, 7) is 11.3. The molecule has 1 saturated heterocycles. The SMILES string of the molecule is Cc1ncnc(N2CCN(c3ccc4nc(C(C)(C)C)cn4c3)CC2)c1F. The predicted molar refractivity (Wildman–Crippen MR) is 105 cm³/mol. The summed E-state index contributed by atoms with van der Waals surface area (Å²) >= 11 is 0. The molecule has 0 N–H and O–H groups in total. The highest BCUT2D eigenvalue weighted by Gasteiger charge is 2.23. The van der Waals surface area contributed by atoms with Gasteiger partial charge >= 0.3 is 0 Å². The van der Waals surface area contributed by atoms with Crippen LogP contribution in [-0.4, -0.2) is 45.5 Å². The highest BCUT2D eigenvalue weighted by molar-refractivity contribution is 5.54. The molecule has 3 aromatic heterocycles. The molecule has 0 bridgehead atoms. The fraction of sp³-hybridized carbons (Fsp3) is 0.450. The van der Waals surface area contributed by atoms with Gasteiger partial charge in [0.05, 0.1) is 17.1 Å². The Morgan fingerprint density at radius 3 is 2.37 bits per heavy atom. The van der Waals surface area contributed by atoms with Crippen LogP contribution in [0.2, 0.25) is 0 Å². The fourth-order valence-electron chi connectivity index (χ4n) is 3.37. The maximum absolute atomic E-state index is 14.3. The highest BCUT2D eigenvalue weighted by Crippen LogP contribution is 2.25. The van der Waals surface area contributed by atoms with Crippen molar-refractivity contribution in [1.29, 1.82) is 0 Å². The van der Waals surface area contributed by atoms with Crippen molar-refractivity contribution in [1.82, 2.24) is 19.4 Å². The molecule has 4 heterocycles. The van der Waals surface area contributed by atoms with Crippen LogP contribution in [0.15, 0.2) is 30.9 Å². The maximum atomic E-state index is 14.3. The van der Waals surface area contributed by atoms with Gasteiger partial charge in [0.2, 0.25) is 0 Å². The summed E-state index contributed by atoms with van der Waals surface area (Å²) in [5.74, 6) is 0.0857. The van der Waals surface area contributed by atoms with E-state index in [4.69, 9.17) is 4.98 Å². The Labute approximate surface area is 158 Å². The molecule has 27 heavy (non-hydrogen) atoms. The number of imidazole rings is 1. The minimum atomic E-state index is -0.319. The lowest BCUT2D eigenvalue weighted by Gasteiger charge is -2.36. The Kier molecular flexibility index (Phi) is 4.25. The van der Waals surface area contributed by atoms with Crippen LogP contribution >= 0.6 is 0 Å². The molecule has 0 aliphatic carbocycles. The van der Waals surface area contributed by atoms with E-state index in [9.17, 15) is 4.39 Å². The Balaban J connectivity index is 1.51. The van der Waals surface area contributed by atoms with Crippen molar-refractivity contribution < 1.29 is 4.39 Å². The fourth-order valence-corrected chi connectivity index (χ4v) is 3.37. The van der Waals surface area contributed by atoms with Gasteiger partial charge in [-0.3, -0.25) is 0 Å². The number of aromatic nitrogens is 4. The molecule has 1 fully saturated rings. The third-order valence-corrected chi connectivity index (χ3v) is 5.09. The molecule has 7 heteroatoms. The van der Waals surface area contributed by atoms with Crippen molar-refractivity contribution >= 4 is 17.2 Å². The number of nitrogens with zero attached hydrogens (tertiary/aromatic N) is 6. The standard InChI is InChI=1S/C20H25FN6/c1-14-18(21)19(23-13-22-14)26-9-7-25(8-10-26)15-5-6-17-24-16(20(2,3)4)12-27(17)11-15/h5-6,11-13H,7-10H2,1-4H3. The molecule has 1 aliphatic heterocycles. The summed E-state index contributed by atoms with van der Waals surface area (Å²) in [6.07, 6.45) is 5.66. The van der Waals surface area contributed by atoms with Crippen LogP contribution in [0.5, 0.6) is 0 Å². The van der Waals surface area contributed by atoms with E-state index in [1.165, 1.54) is 6.33 Å². The van der Waals surface area contributed by atoms with Crippen molar-refractivity contribution in [2.45, 2.75) is 33.1 Å². The quantitative estimate of drug-likeness (QED) is 0.695. The summed E-state index contributed by atoms with van der Waals surface area (Å²) in [4.78, 5) is 17.1. The molecular formula is C20H25FN6. The number of hydrogen-bond donors (Lipinski definition) is 0. The summed E-state index contributed by atoms with van der Waals surface area (Å²) in [7, 11) is 0. The Hall–Kier alpha value is -2.70. The Bertz CT molecular complexity index is 966. The number of pyridine rings is 1. The third-order valence-electron chi connectivity index (χ3n) is 5.09. The summed E-state index contributed by atoms with van der Waals surface area (Å²) in [5, 5.41) is 0. The number of halogens is 1. The zero-order valence-corrected chi connectivity index (χ0v) is 16.3. The summed E-state index contributed by atoms with van der Waals surface area (Å²) < 4.78 is 16.4. The molecule has 142 valence electrons. The van der Waals surface area contributed by atoms with E-state index in [2.05, 4.69) is 64.6 Å². The van der Waals surface area contributed by atoms with E-state index in [-0.39, 0.29) is 11.2 Å². The van der Waals surface area contributed by atoms with Gasteiger partial charge in [0.25, 0.3) is 0 Å². The molecule has 3 aromatic rings. The lowest BCUT2D eigenvalue weighted by molar-refractivity contribution is 0.572. The third kappa shape index (κ3) is 3.34. The molecule has 6 nitrogen and oxygen atoms in total. The zero-order valence-electron chi connectivity index (χ0n) is 16.3. The molecule has 0 spiro atoms. The topological polar surface area (TPSA) is 49.6 Å². The molecule has 1 aliphatic rings. The van der Waals surface area contributed by atoms with Crippen molar-refractivity contribution in [2.75, 3.05) is 36.0 Å². The van der Waals surface area contributed by atoms with Gasteiger partial charge in [-0.15, -0.1) is 0 Å². The maximum Gasteiger partial charge on any atom is 0.186 e. The number of aryl methyl sites for hydroxylation is 1. The summed E-state index contributed by atoms with van der Waals surface area (Å²) in [5.41, 5.74) is 3.61. The zero-order chi connectivity index (χ0) is 19.2. The van der Waals surface area contributed by atoms with Crippen LogP contribution in [0, 0.1) is 12.7 Å². The normalized spacial score (nSPS) is 15.6. The first-order chi connectivity index (χ1) is 12.8. The molecular weight excluding hydrogens is 343 g/mol. The monoisotopic (exact) mass is 368 g/mol. The van der Waals surface area contributed by atoms with E-state index in [0.29, 0.717) is 11.5 Å². The first-order valence-corrected chi connectivity index (χ1v) is 9.29. The van der Waals surface area contributed by atoms with Gasteiger partial charge in [-0.05, 0) is 19.1 Å². The van der Waals surface area contributed by atoms with Crippen LogP contribution in [0.1, 0.15) is 32.2 Å². The van der Waals surface area contributed by atoms with Crippen molar-refractivity contribution in [3.05, 3.63) is 48.1 Å². The second-order valence-electron chi connectivity index (χ2n) is 8.10. The highest BCUT2D eigenvalue weighted by atomic mass is 19.1. The molecule has 0 radical (unpaired) electrons. The predicted octanol–water partition coefficient (Wildman–Crippen LogP) is 3.20. The van der Waals surface area contributed by atoms with Crippen molar-refractivity contribution in [3.8, 4) is 0 Å². The van der Waals surface area contributed by atoms with Gasteiger partial charge in [0, 0.05) is 44.0 Å². The van der Waals surface area contributed by atoms with E-state index in [0.717, 1.165) is 43.2 Å². The summed E-state index contributed by atoms with van der Waals surface area (Å²) in [6, 6.07) is 4.17. The first kappa shape index (κ1) is 17.7. The number of fused-ring (bicyclic) bond motifs is 1. The van der Waals surface area contributed by atoms with E-state index >= 15 is 0 Å². The lowest BCUT2D eigenvalue weighted by atomic mass is 9.93. The van der Waals surface area contributed by atoms with Gasteiger partial charge in [0.15, 0.2) is 11.6 Å². The number of hydrogen-bond acceptors (Lipinski definition) is 5. The first-order valence-electron chi connectivity index (χ1n) is 9.29. The Morgan fingerprint density at radius 2 is 1.67 bits per heavy atom.